The van der Waals surface area contributed by atoms with Crippen molar-refractivity contribution in [1.82, 2.24) is 43.9 Å². The molecule has 0 radical (unpaired) electrons. The molecule has 22 heteroatoms. The van der Waals surface area contributed by atoms with Crippen molar-refractivity contribution < 1.29 is 24.0 Å². The van der Waals surface area contributed by atoms with E-state index in [9.17, 15) is 19.2 Å². The summed E-state index contributed by atoms with van der Waals surface area (Å²) in [7, 11) is 4.79. The lowest BCUT2D eigenvalue weighted by molar-refractivity contribution is -0.376. The summed E-state index contributed by atoms with van der Waals surface area (Å²) in [4.78, 5) is 77.0. The monoisotopic (exact) mass is 929 g/mol. The Hall–Kier alpha value is -7.40. The van der Waals surface area contributed by atoms with E-state index in [1.165, 1.54) is 36.4 Å². The Bertz CT molecular complexity index is 3260. The van der Waals surface area contributed by atoms with Crippen LogP contribution in [0.4, 0.5) is 22.7 Å². The maximum absolute atomic E-state index is 14.6. The Kier molecular flexibility index (Phi) is 11.5. The number of methoxy groups -OCH3 is 2. The molecular formula is C44H45N14O6S2+. The minimum absolute atomic E-state index is 0.0507. The van der Waals surface area contributed by atoms with Crippen molar-refractivity contribution in [3.8, 4) is 21.8 Å². The number of piperazine rings is 2. The zero-order valence-electron chi connectivity index (χ0n) is 36.2. The molecule has 0 unspecified atom stereocenters. The van der Waals surface area contributed by atoms with Gasteiger partial charge in [-0.25, -0.2) is 33.7 Å². The molecule has 2 aromatic carbocycles. The number of anilines is 4. The highest BCUT2D eigenvalue weighted by molar-refractivity contribution is 7.12. The normalized spacial score (nSPS) is 14.2. The fourth-order valence-corrected chi connectivity index (χ4v) is 10.0. The number of thiazole rings is 2. The highest BCUT2D eigenvalue weighted by Gasteiger charge is 2.26. The Labute approximate surface area is 384 Å². The zero-order valence-corrected chi connectivity index (χ0v) is 37.8. The number of rotatable bonds is 12. The van der Waals surface area contributed by atoms with Crippen LogP contribution in [0, 0.1) is 0 Å². The van der Waals surface area contributed by atoms with Crippen LogP contribution in [0.25, 0.3) is 32.3 Å². The predicted octanol–water partition coefficient (Wildman–Crippen LogP) is 2.95. The number of fused-ring (bicyclic) bond motifs is 2. The fraction of sp³-hybridized carbons (Fsp3) is 0.273. The van der Waals surface area contributed by atoms with Crippen LogP contribution in [0.5, 0.6) is 11.5 Å². The number of ether oxygens (including phenoxy) is 2. The molecule has 0 bridgehead atoms. The van der Waals surface area contributed by atoms with E-state index in [-0.39, 0.29) is 23.6 Å². The summed E-state index contributed by atoms with van der Waals surface area (Å²) in [6.07, 6.45) is 5.17. The topological polar surface area (TPSA) is 214 Å². The third kappa shape index (κ3) is 7.82. The Morgan fingerprint density at radius 3 is 2.08 bits per heavy atom. The van der Waals surface area contributed by atoms with E-state index in [0.717, 1.165) is 50.6 Å². The summed E-state index contributed by atoms with van der Waals surface area (Å²) in [6, 6.07) is 14.6. The third-order valence-corrected chi connectivity index (χ3v) is 13.4. The molecule has 2 fully saturated rings. The summed E-state index contributed by atoms with van der Waals surface area (Å²) < 4.78 is 17.2. The third-order valence-electron chi connectivity index (χ3n) is 11.7. The van der Waals surface area contributed by atoms with E-state index in [1.54, 1.807) is 79.3 Å². The van der Waals surface area contributed by atoms with E-state index < -0.39 is 17.5 Å². The van der Waals surface area contributed by atoms with Gasteiger partial charge in [0.25, 0.3) is 11.8 Å². The van der Waals surface area contributed by atoms with Gasteiger partial charge in [0.2, 0.25) is 0 Å². The second-order valence-corrected chi connectivity index (χ2v) is 17.3. The first-order valence-corrected chi connectivity index (χ1v) is 22.9. The molecule has 2 amide bonds. The van der Waals surface area contributed by atoms with Gasteiger partial charge in [-0.15, -0.1) is 22.7 Å². The predicted molar refractivity (Wildman–Crippen MR) is 253 cm³/mol. The number of para-hydroxylation sites is 1. The van der Waals surface area contributed by atoms with E-state index >= 15 is 0 Å². The molecule has 5 N–H and O–H groups in total. The van der Waals surface area contributed by atoms with Crippen molar-refractivity contribution in [2.24, 2.45) is 7.05 Å². The number of nitrogens with one attached hydrogen (secondary N) is 5. The van der Waals surface area contributed by atoms with Gasteiger partial charge in [-0.3, -0.25) is 23.7 Å². The molecule has 8 aromatic rings. The Morgan fingerprint density at radius 1 is 0.758 bits per heavy atom. The number of hydrogen-bond donors (Lipinski definition) is 4. The molecular weight excluding hydrogens is 885 g/mol. The lowest BCUT2D eigenvalue weighted by atomic mass is 10.2. The van der Waals surface area contributed by atoms with Crippen LogP contribution in [-0.4, -0.2) is 112 Å². The van der Waals surface area contributed by atoms with Gasteiger partial charge in [0.1, 0.15) is 34.1 Å². The number of amides is 2. The van der Waals surface area contributed by atoms with Crippen molar-refractivity contribution in [1.29, 1.82) is 0 Å². The number of H-pyrrole nitrogens is 1. The van der Waals surface area contributed by atoms with Gasteiger partial charge in [-0.05, 0) is 30.3 Å². The van der Waals surface area contributed by atoms with Gasteiger partial charge < -0.3 is 40.5 Å². The van der Waals surface area contributed by atoms with Gasteiger partial charge in [0, 0.05) is 82.3 Å². The SMILES string of the molecule is COc1ccc2c(c1)n(C)c(=O)n2-c1nc(C(=O)Nc2cnc(Cn3c(=O)n(-c4nc(C(=O)Nc5c[nH+]ccc5N5CCNCC5)cs4)c4cccc(OC)c43)cc2N2CCNCC2)cs1. The average Bonchev–Trinajstić information content (AvgIpc) is 4.15. The van der Waals surface area contributed by atoms with Gasteiger partial charge in [-0.1, -0.05) is 6.07 Å². The number of hydrogen-bond acceptors (Lipinski definition) is 15. The van der Waals surface area contributed by atoms with Gasteiger partial charge in [-0.2, -0.15) is 0 Å². The van der Waals surface area contributed by atoms with Crippen molar-refractivity contribution in [2.45, 2.75) is 6.54 Å². The van der Waals surface area contributed by atoms with Crippen LogP contribution in [0.15, 0.2) is 87.5 Å². The molecule has 2 aliphatic rings. The summed E-state index contributed by atoms with van der Waals surface area (Å²) in [5.74, 6) is 0.207. The molecule has 338 valence electrons. The number of aryl methyl sites for hydroxylation is 1. The second kappa shape index (κ2) is 17.9. The maximum atomic E-state index is 14.6. The highest BCUT2D eigenvalue weighted by Crippen LogP contribution is 2.32. The highest BCUT2D eigenvalue weighted by atomic mass is 32.1. The molecule has 8 heterocycles. The lowest BCUT2D eigenvalue weighted by Crippen LogP contribution is -2.44. The van der Waals surface area contributed by atoms with E-state index in [4.69, 9.17) is 14.5 Å². The van der Waals surface area contributed by atoms with Crippen LogP contribution < -0.4 is 56.9 Å². The van der Waals surface area contributed by atoms with Crippen molar-refractivity contribution in [2.75, 3.05) is 87.0 Å². The smallest absolute Gasteiger partial charge is 0.336 e. The number of aromatic nitrogens is 8. The van der Waals surface area contributed by atoms with Crippen molar-refractivity contribution >= 4 is 79.3 Å². The number of imidazole rings is 2. The minimum atomic E-state index is -0.471. The molecule has 2 aliphatic heterocycles. The number of carbonyl (C=O) groups is 2. The molecule has 0 spiro atoms. The second-order valence-electron chi connectivity index (χ2n) is 15.6. The van der Waals surface area contributed by atoms with E-state index in [2.05, 4.69) is 46.0 Å². The summed E-state index contributed by atoms with van der Waals surface area (Å²) in [5.41, 5.74) is 5.23. The molecule has 10 rings (SSSR count). The molecule has 6 aromatic heterocycles. The standard InChI is InChI=1S/C44H44N14O6S2/c1-53-36-20-27(63-2)7-8-33(36)57(43(53)61)41-51-31(24-65-41)40(60)50-29-22-48-26(19-35(29)55-17-13-46-14-18-55)23-56-38-34(5-4-6-37(38)64-3)58(44(56)62)42-52-30(25-66-42)39(59)49-28-21-47-10-9-32(28)54-15-11-45-12-16-54/h4-10,19-22,24-25,45-46H,11-18,23H2,1-3H3,(H,49,59)(H,50,60)/p+1. The van der Waals surface area contributed by atoms with Gasteiger partial charge in [0.15, 0.2) is 22.7 Å². The van der Waals surface area contributed by atoms with E-state index in [1.807, 2.05) is 24.4 Å². The number of carbonyl (C=O) groups excluding carboxylic acids is 2. The maximum Gasteiger partial charge on any atom is 0.336 e. The largest absolute Gasteiger partial charge is 0.497 e. The van der Waals surface area contributed by atoms with Crippen molar-refractivity contribution in [3.63, 3.8) is 0 Å². The summed E-state index contributed by atoms with van der Waals surface area (Å²) in [6.45, 7) is 6.13. The van der Waals surface area contributed by atoms with Gasteiger partial charge in [0.05, 0.1) is 66.3 Å². The first-order valence-electron chi connectivity index (χ1n) is 21.2. The first kappa shape index (κ1) is 42.5. The number of aromatic amines is 1. The first-order chi connectivity index (χ1) is 32.2. The van der Waals surface area contributed by atoms with Crippen LogP contribution in [0.3, 0.4) is 0 Å². The fourth-order valence-electron chi connectivity index (χ4n) is 8.42. The van der Waals surface area contributed by atoms with Crippen LogP contribution in [-0.2, 0) is 13.6 Å². The number of pyridine rings is 2. The quantitative estimate of drug-likeness (QED) is 0.139. The lowest BCUT2D eigenvalue weighted by Gasteiger charge is -2.31. The van der Waals surface area contributed by atoms with Crippen LogP contribution >= 0.6 is 22.7 Å². The Morgan fingerprint density at radius 2 is 1.41 bits per heavy atom. The average molecular weight is 930 g/mol. The van der Waals surface area contributed by atoms with Gasteiger partial charge >= 0.3 is 11.4 Å². The number of nitrogens with zero attached hydrogens (tertiary/aromatic N) is 9. The Balaban J connectivity index is 0.944. The molecule has 0 atom stereocenters. The van der Waals surface area contributed by atoms with E-state index in [0.29, 0.717) is 74.0 Å². The molecule has 0 aliphatic carbocycles. The minimum Gasteiger partial charge on any atom is -0.497 e. The molecule has 66 heavy (non-hydrogen) atoms. The molecule has 2 saturated heterocycles. The summed E-state index contributed by atoms with van der Waals surface area (Å²) in [5, 5.41) is 16.7. The zero-order chi connectivity index (χ0) is 45.5. The molecule has 20 nitrogen and oxygen atoms in total. The van der Waals surface area contributed by atoms with Crippen LogP contribution in [0.1, 0.15) is 26.7 Å². The summed E-state index contributed by atoms with van der Waals surface area (Å²) >= 11 is 2.36. The van der Waals surface area contributed by atoms with Crippen LogP contribution in [0.2, 0.25) is 0 Å². The number of benzene rings is 2. The molecule has 0 saturated carbocycles. The van der Waals surface area contributed by atoms with Crippen molar-refractivity contribution in [3.05, 3.63) is 116 Å².